The van der Waals surface area contributed by atoms with Gasteiger partial charge >= 0.3 is 5.69 Å². The van der Waals surface area contributed by atoms with Crippen LogP contribution in [0.15, 0.2) is 40.1 Å². The van der Waals surface area contributed by atoms with Gasteiger partial charge in [0.05, 0.1) is 0 Å². The number of piperidine rings is 1. The largest absolute Gasteiger partial charge is 0.356 e. The Kier molecular flexibility index (Phi) is 3.66. The van der Waals surface area contributed by atoms with Crippen molar-refractivity contribution in [3.63, 3.8) is 0 Å². The summed E-state index contributed by atoms with van der Waals surface area (Å²) in [5.74, 6) is 1.93. The van der Waals surface area contributed by atoms with Crippen molar-refractivity contribution in [2.75, 3.05) is 18.0 Å². The Bertz CT molecular complexity index is 1120. The van der Waals surface area contributed by atoms with Crippen LogP contribution in [0.3, 0.4) is 0 Å². The van der Waals surface area contributed by atoms with Gasteiger partial charge in [0, 0.05) is 44.4 Å². The third-order valence-corrected chi connectivity index (χ3v) is 5.64. The molecular weight excluding hydrogens is 344 g/mol. The molecule has 2 fully saturated rings. The van der Waals surface area contributed by atoms with E-state index < -0.39 is 0 Å². The van der Waals surface area contributed by atoms with Crippen LogP contribution < -0.4 is 16.1 Å². The van der Waals surface area contributed by atoms with Crippen molar-refractivity contribution in [3.8, 4) is 0 Å². The van der Waals surface area contributed by atoms with Crippen LogP contribution in [0.1, 0.15) is 43.5 Å². The number of rotatable bonds is 3. The van der Waals surface area contributed by atoms with Crippen LogP contribution in [0, 0.1) is 0 Å². The lowest BCUT2D eigenvalue weighted by molar-refractivity contribution is 0.460. The fourth-order valence-electron chi connectivity index (χ4n) is 4.02. The Morgan fingerprint density at radius 1 is 1.07 bits per heavy atom. The smallest absolute Gasteiger partial charge is 0.345 e. The number of hydrogen-bond donors (Lipinski definition) is 0. The second-order valence-electron chi connectivity index (χ2n) is 7.51. The van der Waals surface area contributed by atoms with Gasteiger partial charge in [0.2, 0.25) is 0 Å². The Morgan fingerprint density at radius 3 is 2.59 bits per heavy atom. The summed E-state index contributed by atoms with van der Waals surface area (Å²) >= 11 is 0. The summed E-state index contributed by atoms with van der Waals surface area (Å²) in [6.45, 7) is 1.60. The Balaban J connectivity index is 1.39. The molecule has 0 N–H and O–H groups in total. The van der Waals surface area contributed by atoms with Gasteiger partial charge in [-0.05, 0) is 37.8 Å². The molecule has 5 rings (SSSR count). The minimum absolute atomic E-state index is 0.000790. The number of anilines is 1. The standard InChI is InChI=1S/C19H22N6O2/c1-22-19(27)25(14-5-6-14)18(21-22)13-7-10-23(11-8-13)16-12-17(26)24-9-3-2-4-15(24)20-16/h2-4,9,12-14H,5-8,10-11H2,1H3. The summed E-state index contributed by atoms with van der Waals surface area (Å²) in [5.41, 5.74) is 0.596. The number of fused-ring (bicyclic) bond motifs is 1. The predicted molar refractivity (Wildman–Crippen MR) is 101 cm³/mol. The molecule has 140 valence electrons. The summed E-state index contributed by atoms with van der Waals surface area (Å²) in [6, 6.07) is 7.50. The topological polar surface area (TPSA) is 77.4 Å². The molecule has 1 aliphatic heterocycles. The second kappa shape index (κ2) is 6.07. The van der Waals surface area contributed by atoms with Gasteiger partial charge in [-0.3, -0.25) is 13.8 Å². The molecule has 1 saturated heterocycles. The minimum atomic E-state index is -0.0648. The van der Waals surface area contributed by atoms with E-state index in [1.165, 1.54) is 4.68 Å². The quantitative estimate of drug-likeness (QED) is 0.698. The number of hydrogen-bond acceptors (Lipinski definition) is 5. The van der Waals surface area contributed by atoms with Crippen LogP contribution in [0.5, 0.6) is 0 Å². The van der Waals surface area contributed by atoms with Gasteiger partial charge in [0.15, 0.2) is 0 Å². The van der Waals surface area contributed by atoms with Crippen molar-refractivity contribution in [2.45, 2.75) is 37.6 Å². The van der Waals surface area contributed by atoms with Crippen LogP contribution in [0.2, 0.25) is 0 Å². The first-order valence-corrected chi connectivity index (χ1v) is 9.50. The zero-order valence-corrected chi connectivity index (χ0v) is 15.3. The van der Waals surface area contributed by atoms with Crippen molar-refractivity contribution in [3.05, 3.63) is 57.1 Å². The van der Waals surface area contributed by atoms with Gasteiger partial charge < -0.3 is 4.90 Å². The van der Waals surface area contributed by atoms with Crippen LogP contribution >= 0.6 is 0 Å². The Morgan fingerprint density at radius 2 is 1.85 bits per heavy atom. The SMILES string of the molecule is Cn1nc(C2CCN(c3cc(=O)n4ccccc4n3)CC2)n(C2CC2)c1=O. The van der Waals surface area contributed by atoms with E-state index in [1.807, 2.05) is 22.8 Å². The fourth-order valence-corrected chi connectivity index (χ4v) is 4.02. The van der Waals surface area contributed by atoms with Crippen molar-refractivity contribution in [1.29, 1.82) is 0 Å². The molecule has 3 aromatic heterocycles. The molecule has 27 heavy (non-hydrogen) atoms. The molecule has 3 aromatic rings. The Labute approximate surface area is 155 Å². The summed E-state index contributed by atoms with van der Waals surface area (Å²) in [5, 5.41) is 4.53. The van der Waals surface area contributed by atoms with Crippen LogP contribution in [-0.4, -0.2) is 36.8 Å². The molecule has 0 atom stereocenters. The lowest BCUT2D eigenvalue weighted by Crippen LogP contribution is -2.35. The van der Waals surface area contributed by atoms with E-state index in [9.17, 15) is 9.59 Å². The Hall–Kier alpha value is -2.90. The molecule has 0 radical (unpaired) electrons. The monoisotopic (exact) mass is 366 g/mol. The molecule has 8 heteroatoms. The van der Waals surface area contributed by atoms with E-state index >= 15 is 0 Å². The second-order valence-corrected chi connectivity index (χ2v) is 7.51. The van der Waals surface area contributed by atoms with Gasteiger partial charge in [-0.2, -0.15) is 5.10 Å². The van der Waals surface area contributed by atoms with Gasteiger partial charge in [-0.25, -0.2) is 14.5 Å². The van der Waals surface area contributed by atoms with Crippen LogP contribution in [0.25, 0.3) is 5.65 Å². The molecule has 2 aliphatic rings. The average Bonchev–Trinajstić information content (AvgIpc) is 3.48. The molecule has 8 nitrogen and oxygen atoms in total. The number of nitrogens with zero attached hydrogens (tertiary/aromatic N) is 6. The lowest BCUT2D eigenvalue weighted by atomic mass is 9.96. The normalized spacial score (nSPS) is 18.3. The van der Waals surface area contributed by atoms with Gasteiger partial charge in [0.1, 0.15) is 17.3 Å². The number of aromatic nitrogens is 5. The van der Waals surface area contributed by atoms with E-state index in [2.05, 4.69) is 15.0 Å². The highest BCUT2D eigenvalue weighted by Gasteiger charge is 2.33. The molecule has 0 spiro atoms. The van der Waals surface area contributed by atoms with Crippen molar-refractivity contribution in [1.82, 2.24) is 23.7 Å². The molecule has 0 amide bonds. The van der Waals surface area contributed by atoms with Gasteiger partial charge in [0.25, 0.3) is 5.56 Å². The maximum atomic E-state index is 12.4. The third kappa shape index (κ3) is 2.75. The zero-order chi connectivity index (χ0) is 18.5. The van der Waals surface area contributed by atoms with Crippen molar-refractivity contribution < 1.29 is 0 Å². The highest BCUT2D eigenvalue weighted by atomic mass is 16.2. The van der Waals surface area contributed by atoms with E-state index in [1.54, 1.807) is 23.7 Å². The molecule has 4 heterocycles. The first kappa shape index (κ1) is 16.3. The zero-order valence-electron chi connectivity index (χ0n) is 15.3. The van der Waals surface area contributed by atoms with Gasteiger partial charge in [-0.15, -0.1) is 0 Å². The minimum Gasteiger partial charge on any atom is -0.356 e. The highest BCUT2D eigenvalue weighted by Crippen LogP contribution is 2.37. The first-order valence-electron chi connectivity index (χ1n) is 9.50. The first-order chi connectivity index (χ1) is 13.1. The average molecular weight is 366 g/mol. The van der Waals surface area contributed by atoms with Crippen LogP contribution in [-0.2, 0) is 7.05 Å². The predicted octanol–water partition coefficient (Wildman–Crippen LogP) is 1.31. The molecule has 1 saturated carbocycles. The molecule has 0 aromatic carbocycles. The van der Waals surface area contributed by atoms with E-state index in [0.717, 1.165) is 50.4 Å². The van der Waals surface area contributed by atoms with E-state index in [4.69, 9.17) is 0 Å². The van der Waals surface area contributed by atoms with Crippen molar-refractivity contribution >= 4 is 11.5 Å². The lowest BCUT2D eigenvalue weighted by Gasteiger charge is -2.32. The van der Waals surface area contributed by atoms with E-state index in [-0.39, 0.29) is 17.2 Å². The molecular formula is C19H22N6O2. The van der Waals surface area contributed by atoms with Crippen LogP contribution in [0.4, 0.5) is 5.82 Å². The summed E-state index contributed by atoms with van der Waals surface area (Å²) in [4.78, 5) is 31.5. The maximum Gasteiger partial charge on any atom is 0.345 e. The fraction of sp³-hybridized carbons (Fsp3) is 0.474. The van der Waals surface area contributed by atoms with Gasteiger partial charge in [-0.1, -0.05) is 6.07 Å². The summed E-state index contributed by atoms with van der Waals surface area (Å²) in [6.07, 6.45) is 5.68. The number of pyridine rings is 1. The molecule has 1 aliphatic carbocycles. The third-order valence-electron chi connectivity index (χ3n) is 5.64. The molecule has 0 bridgehead atoms. The molecule has 0 unspecified atom stereocenters. The van der Waals surface area contributed by atoms with Crippen molar-refractivity contribution in [2.24, 2.45) is 7.05 Å². The maximum absolute atomic E-state index is 12.4. The summed E-state index contributed by atoms with van der Waals surface area (Å²) < 4.78 is 4.92. The highest BCUT2D eigenvalue weighted by molar-refractivity contribution is 5.48. The van der Waals surface area contributed by atoms with E-state index in [0.29, 0.717) is 11.7 Å². The summed E-state index contributed by atoms with van der Waals surface area (Å²) in [7, 11) is 1.73. The number of aryl methyl sites for hydroxylation is 1.